The predicted octanol–water partition coefficient (Wildman–Crippen LogP) is 4.83. The fourth-order valence-corrected chi connectivity index (χ4v) is 3.15. The second-order valence-electron chi connectivity index (χ2n) is 6.26. The average Bonchev–Trinajstić information content (AvgIpc) is 2.70. The summed E-state index contributed by atoms with van der Waals surface area (Å²) >= 11 is 3.47. The first kappa shape index (κ1) is 22.0. The van der Waals surface area contributed by atoms with Crippen molar-refractivity contribution in [2.24, 2.45) is 0 Å². The molecule has 0 aliphatic carbocycles. The molecular formula is C22H26BrNO4. The molecule has 6 heteroatoms. The van der Waals surface area contributed by atoms with E-state index in [0.29, 0.717) is 31.1 Å². The van der Waals surface area contributed by atoms with Crippen molar-refractivity contribution in [3.63, 3.8) is 0 Å². The average molecular weight is 448 g/mol. The van der Waals surface area contributed by atoms with Gasteiger partial charge >= 0.3 is 5.97 Å². The number of hydrogen-bond acceptors (Lipinski definition) is 4. The van der Waals surface area contributed by atoms with Crippen molar-refractivity contribution in [3.05, 3.63) is 64.1 Å². The zero-order valence-corrected chi connectivity index (χ0v) is 17.9. The van der Waals surface area contributed by atoms with E-state index >= 15 is 0 Å². The lowest BCUT2D eigenvalue weighted by Crippen LogP contribution is -2.33. The Morgan fingerprint density at radius 3 is 2.46 bits per heavy atom. The highest BCUT2D eigenvalue weighted by Gasteiger charge is 2.19. The highest BCUT2D eigenvalue weighted by atomic mass is 79.9. The fourth-order valence-electron chi connectivity index (χ4n) is 2.66. The molecule has 5 nitrogen and oxygen atoms in total. The molecule has 150 valence electrons. The van der Waals surface area contributed by atoms with E-state index in [1.807, 2.05) is 37.3 Å². The van der Waals surface area contributed by atoms with E-state index in [1.165, 1.54) is 0 Å². The Morgan fingerprint density at radius 1 is 1.07 bits per heavy atom. The summed E-state index contributed by atoms with van der Waals surface area (Å²) in [4.78, 5) is 26.6. The Labute approximate surface area is 174 Å². The van der Waals surface area contributed by atoms with Gasteiger partial charge in [-0.05, 0) is 53.0 Å². The van der Waals surface area contributed by atoms with Gasteiger partial charge in [0.25, 0.3) is 5.91 Å². The minimum absolute atomic E-state index is 0.143. The van der Waals surface area contributed by atoms with Crippen molar-refractivity contribution in [3.8, 4) is 5.75 Å². The van der Waals surface area contributed by atoms with E-state index in [2.05, 4.69) is 15.9 Å². The van der Waals surface area contributed by atoms with Gasteiger partial charge in [-0.3, -0.25) is 9.59 Å². The number of esters is 1. The van der Waals surface area contributed by atoms with Crippen molar-refractivity contribution in [1.82, 2.24) is 4.90 Å². The number of hydrogen-bond donors (Lipinski definition) is 0. The molecule has 2 aromatic rings. The van der Waals surface area contributed by atoms with Crippen LogP contribution < -0.4 is 4.74 Å². The van der Waals surface area contributed by atoms with E-state index in [9.17, 15) is 9.59 Å². The van der Waals surface area contributed by atoms with E-state index in [-0.39, 0.29) is 24.8 Å². The molecule has 0 spiro atoms. The number of halogens is 1. The maximum atomic E-state index is 13.1. The van der Waals surface area contributed by atoms with E-state index < -0.39 is 0 Å². The van der Waals surface area contributed by atoms with Crippen LogP contribution in [-0.2, 0) is 16.1 Å². The molecule has 0 bridgehead atoms. The molecule has 0 unspecified atom stereocenters. The highest BCUT2D eigenvalue weighted by molar-refractivity contribution is 9.10. The fraction of sp³-hybridized carbons (Fsp3) is 0.364. The van der Waals surface area contributed by atoms with Gasteiger partial charge in [0.15, 0.2) is 0 Å². The third kappa shape index (κ3) is 6.68. The lowest BCUT2D eigenvalue weighted by atomic mass is 10.1. The van der Waals surface area contributed by atoms with E-state index in [0.717, 1.165) is 16.5 Å². The molecule has 0 N–H and O–H groups in total. The number of nitrogens with zero attached hydrogens (tertiary/aromatic N) is 1. The summed E-state index contributed by atoms with van der Waals surface area (Å²) in [6.45, 7) is 5.47. The SMILES string of the molecule is CCCOc1ccc(C(=O)N(CCC(=O)OCC)Cc2ccccc2)cc1Br. The van der Waals surface area contributed by atoms with Gasteiger partial charge in [0.1, 0.15) is 5.75 Å². The standard InChI is InChI=1S/C22H26BrNO4/c1-3-14-28-20-11-10-18(15-19(20)23)22(26)24(13-12-21(25)27-4-2)16-17-8-6-5-7-9-17/h5-11,15H,3-4,12-14,16H2,1-2H3. The first-order valence-corrected chi connectivity index (χ1v) is 10.3. The topological polar surface area (TPSA) is 55.8 Å². The van der Waals surface area contributed by atoms with Crippen molar-refractivity contribution < 1.29 is 19.1 Å². The lowest BCUT2D eigenvalue weighted by Gasteiger charge is -2.23. The first-order chi connectivity index (χ1) is 13.5. The molecule has 0 saturated carbocycles. The monoisotopic (exact) mass is 447 g/mol. The molecule has 2 rings (SSSR count). The third-order valence-corrected chi connectivity index (χ3v) is 4.65. The van der Waals surface area contributed by atoms with Crippen LogP contribution in [0.25, 0.3) is 0 Å². The molecule has 0 aromatic heterocycles. The molecule has 1 amide bonds. The zero-order chi connectivity index (χ0) is 20.4. The van der Waals surface area contributed by atoms with Crippen molar-refractivity contribution >= 4 is 27.8 Å². The van der Waals surface area contributed by atoms with Gasteiger partial charge in [-0.15, -0.1) is 0 Å². The van der Waals surface area contributed by atoms with Gasteiger partial charge in [-0.2, -0.15) is 0 Å². The van der Waals surface area contributed by atoms with Gasteiger partial charge in [-0.1, -0.05) is 37.3 Å². The van der Waals surface area contributed by atoms with E-state index in [1.54, 1.807) is 30.0 Å². The van der Waals surface area contributed by atoms with Gasteiger partial charge in [-0.25, -0.2) is 0 Å². The van der Waals surface area contributed by atoms with Crippen LogP contribution in [0.1, 0.15) is 42.6 Å². The Morgan fingerprint density at radius 2 is 1.82 bits per heavy atom. The third-order valence-electron chi connectivity index (χ3n) is 4.04. The molecule has 2 aromatic carbocycles. The molecule has 0 saturated heterocycles. The molecule has 0 heterocycles. The summed E-state index contributed by atoms with van der Waals surface area (Å²) in [5.74, 6) is 0.258. The van der Waals surface area contributed by atoms with Crippen LogP contribution >= 0.6 is 15.9 Å². The van der Waals surface area contributed by atoms with Crippen molar-refractivity contribution in [1.29, 1.82) is 0 Å². The van der Waals surface area contributed by atoms with Crippen molar-refractivity contribution in [2.45, 2.75) is 33.2 Å². The largest absolute Gasteiger partial charge is 0.492 e. The summed E-state index contributed by atoms with van der Waals surface area (Å²) in [7, 11) is 0. The number of rotatable bonds is 10. The van der Waals surface area contributed by atoms with Gasteiger partial charge in [0, 0.05) is 18.7 Å². The van der Waals surface area contributed by atoms with Gasteiger partial charge in [0.05, 0.1) is 24.1 Å². The Kier molecular flexibility index (Phi) is 9.01. The zero-order valence-electron chi connectivity index (χ0n) is 16.3. The Balaban J connectivity index is 2.17. The maximum Gasteiger partial charge on any atom is 0.307 e. The van der Waals surface area contributed by atoms with Crippen LogP contribution in [0.15, 0.2) is 53.0 Å². The molecule has 0 aliphatic heterocycles. The van der Waals surface area contributed by atoms with Gasteiger partial charge in [0.2, 0.25) is 0 Å². The molecule has 0 radical (unpaired) electrons. The minimum atomic E-state index is -0.308. The second-order valence-corrected chi connectivity index (χ2v) is 7.12. The summed E-state index contributed by atoms with van der Waals surface area (Å²) in [5.41, 5.74) is 1.54. The molecule has 0 aliphatic rings. The van der Waals surface area contributed by atoms with Crippen molar-refractivity contribution in [2.75, 3.05) is 19.8 Å². The Bertz CT molecular complexity index is 779. The predicted molar refractivity (Wildman–Crippen MR) is 112 cm³/mol. The van der Waals surface area contributed by atoms with Crippen LogP contribution in [0, 0.1) is 0 Å². The summed E-state index contributed by atoms with van der Waals surface area (Å²) in [6, 6.07) is 15.0. The first-order valence-electron chi connectivity index (χ1n) is 9.46. The summed E-state index contributed by atoms with van der Waals surface area (Å²) in [6.07, 6.45) is 1.07. The van der Waals surface area contributed by atoms with Crippen LogP contribution in [0.2, 0.25) is 0 Å². The maximum absolute atomic E-state index is 13.1. The molecule has 0 fully saturated rings. The smallest absolute Gasteiger partial charge is 0.307 e. The van der Waals surface area contributed by atoms with Crippen LogP contribution in [-0.4, -0.2) is 36.5 Å². The summed E-state index contributed by atoms with van der Waals surface area (Å²) < 4.78 is 11.4. The number of benzene rings is 2. The summed E-state index contributed by atoms with van der Waals surface area (Å²) in [5, 5.41) is 0. The van der Waals surface area contributed by atoms with Crippen LogP contribution in [0.3, 0.4) is 0 Å². The number of ether oxygens (including phenoxy) is 2. The Hall–Kier alpha value is -2.34. The lowest BCUT2D eigenvalue weighted by molar-refractivity contribution is -0.143. The van der Waals surface area contributed by atoms with Crippen LogP contribution in [0.4, 0.5) is 0 Å². The van der Waals surface area contributed by atoms with Gasteiger partial charge < -0.3 is 14.4 Å². The number of carbonyl (C=O) groups excluding carboxylic acids is 2. The molecule has 0 atom stereocenters. The van der Waals surface area contributed by atoms with Crippen LogP contribution in [0.5, 0.6) is 5.75 Å². The molecular weight excluding hydrogens is 422 g/mol. The number of amides is 1. The molecule has 28 heavy (non-hydrogen) atoms. The highest BCUT2D eigenvalue weighted by Crippen LogP contribution is 2.27. The normalized spacial score (nSPS) is 10.4. The minimum Gasteiger partial charge on any atom is -0.492 e. The number of carbonyl (C=O) groups is 2. The quantitative estimate of drug-likeness (QED) is 0.489. The second kappa shape index (κ2) is 11.5. The van der Waals surface area contributed by atoms with E-state index in [4.69, 9.17) is 9.47 Å².